The van der Waals surface area contributed by atoms with Crippen LogP contribution >= 0.6 is 11.3 Å². The highest BCUT2D eigenvalue weighted by atomic mass is 32.1. The van der Waals surface area contributed by atoms with Gasteiger partial charge in [0.2, 0.25) is 5.91 Å². The van der Waals surface area contributed by atoms with E-state index in [2.05, 4.69) is 25.8 Å². The zero-order chi connectivity index (χ0) is 19.3. The van der Waals surface area contributed by atoms with Crippen molar-refractivity contribution in [3.05, 3.63) is 65.9 Å². The van der Waals surface area contributed by atoms with Crippen molar-refractivity contribution in [3.63, 3.8) is 0 Å². The molecule has 4 rings (SSSR count). The van der Waals surface area contributed by atoms with Crippen molar-refractivity contribution in [3.8, 4) is 22.0 Å². The third-order valence-electron chi connectivity index (χ3n) is 3.97. The molecule has 28 heavy (non-hydrogen) atoms. The Labute approximate surface area is 164 Å². The lowest BCUT2D eigenvalue weighted by atomic mass is 10.2. The zero-order valence-electron chi connectivity index (χ0n) is 14.9. The number of anilines is 1. The highest BCUT2D eigenvalue weighted by molar-refractivity contribution is 7.13. The fraction of sp³-hybridized carbons (Fsp3) is 0.105. The summed E-state index contributed by atoms with van der Waals surface area (Å²) in [6.07, 6.45) is 1.69. The van der Waals surface area contributed by atoms with Crippen LogP contribution in [0.4, 0.5) is 5.69 Å². The van der Waals surface area contributed by atoms with E-state index in [0.29, 0.717) is 5.69 Å². The maximum atomic E-state index is 12.4. The number of aromatic nitrogens is 5. The van der Waals surface area contributed by atoms with E-state index in [-0.39, 0.29) is 12.3 Å². The number of tetrazole rings is 1. The summed E-state index contributed by atoms with van der Waals surface area (Å²) in [4.78, 5) is 17.0. The van der Waals surface area contributed by atoms with Gasteiger partial charge in [0.15, 0.2) is 0 Å². The van der Waals surface area contributed by atoms with Crippen LogP contribution in [0.25, 0.3) is 16.3 Å². The molecule has 0 radical (unpaired) electrons. The molecular formula is C19H16N6O2S. The van der Waals surface area contributed by atoms with Crippen molar-refractivity contribution in [1.29, 1.82) is 0 Å². The molecule has 1 amide bonds. The van der Waals surface area contributed by atoms with E-state index in [1.807, 2.05) is 47.8 Å². The summed E-state index contributed by atoms with van der Waals surface area (Å²) in [6.45, 7) is 0. The van der Waals surface area contributed by atoms with Gasteiger partial charge in [-0.3, -0.25) is 4.79 Å². The van der Waals surface area contributed by atoms with Gasteiger partial charge >= 0.3 is 0 Å². The molecule has 0 aliphatic rings. The summed E-state index contributed by atoms with van der Waals surface area (Å²) in [5.74, 6) is 0.657. The summed E-state index contributed by atoms with van der Waals surface area (Å²) in [5, 5.41) is 16.7. The Morgan fingerprint density at radius 3 is 2.82 bits per heavy atom. The van der Waals surface area contributed by atoms with Crippen LogP contribution in [0.5, 0.6) is 5.75 Å². The number of hydrogen-bond donors (Lipinski definition) is 1. The number of nitrogens with zero attached hydrogens (tertiary/aromatic N) is 5. The average molecular weight is 392 g/mol. The van der Waals surface area contributed by atoms with Crippen LogP contribution in [-0.4, -0.2) is 38.2 Å². The van der Waals surface area contributed by atoms with Crippen molar-refractivity contribution in [2.75, 3.05) is 12.4 Å². The van der Waals surface area contributed by atoms with Crippen LogP contribution in [0.3, 0.4) is 0 Å². The summed E-state index contributed by atoms with van der Waals surface area (Å²) < 4.78 is 6.69. The standard InChI is InChI=1S/C19H16N6O2S/c1-27-17-7-5-13(6-8-17)19-22-15(11-28-19)10-18(26)21-14-3-2-4-16(9-14)25-12-20-23-24-25/h2-9,11-12H,10H2,1H3,(H,21,26). The number of nitrogens with one attached hydrogen (secondary N) is 1. The fourth-order valence-electron chi connectivity index (χ4n) is 2.63. The minimum absolute atomic E-state index is 0.138. The third kappa shape index (κ3) is 4.04. The van der Waals surface area contributed by atoms with E-state index >= 15 is 0 Å². The zero-order valence-corrected chi connectivity index (χ0v) is 15.8. The van der Waals surface area contributed by atoms with Gasteiger partial charge in [0.25, 0.3) is 0 Å². The normalized spacial score (nSPS) is 10.6. The summed E-state index contributed by atoms with van der Waals surface area (Å²) in [5.41, 5.74) is 3.15. The SMILES string of the molecule is COc1ccc(-c2nc(CC(=O)Nc3cccc(-n4cnnn4)c3)cs2)cc1. The number of benzene rings is 2. The van der Waals surface area contributed by atoms with Crippen molar-refractivity contribution in [2.24, 2.45) is 0 Å². The number of rotatable bonds is 6. The van der Waals surface area contributed by atoms with Gasteiger partial charge < -0.3 is 10.1 Å². The highest BCUT2D eigenvalue weighted by Crippen LogP contribution is 2.26. The number of methoxy groups -OCH3 is 1. The topological polar surface area (TPSA) is 94.8 Å². The quantitative estimate of drug-likeness (QED) is 0.542. The highest BCUT2D eigenvalue weighted by Gasteiger charge is 2.10. The van der Waals surface area contributed by atoms with E-state index in [1.54, 1.807) is 13.2 Å². The van der Waals surface area contributed by atoms with Crippen LogP contribution < -0.4 is 10.1 Å². The second-order valence-electron chi connectivity index (χ2n) is 5.90. The van der Waals surface area contributed by atoms with Crippen molar-refractivity contribution < 1.29 is 9.53 Å². The maximum absolute atomic E-state index is 12.4. The first-order valence-corrected chi connectivity index (χ1v) is 9.31. The molecule has 0 aliphatic carbocycles. The summed E-state index contributed by atoms with van der Waals surface area (Å²) >= 11 is 1.51. The van der Waals surface area contributed by atoms with Crippen LogP contribution in [0.1, 0.15) is 5.69 Å². The van der Waals surface area contributed by atoms with Gasteiger partial charge in [-0.1, -0.05) is 6.07 Å². The van der Waals surface area contributed by atoms with Crippen molar-refractivity contribution in [2.45, 2.75) is 6.42 Å². The van der Waals surface area contributed by atoms with Crippen LogP contribution in [0, 0.1) is 0 Å². The Bertz CT molecular complexity index is 1080. The lowest BCUT2D eigenvalue weighted by Crippen LogP contribution is -2.14. The lowest BCUT2D eigenvalue weighted by molar-refractivity contribution is -0.115. The molecule has 2 aromatic heterocycles. The maximum Gasteiger partial charge on any atom is 0.230 e. The Morgan fingerprint density at radius 2 is 2.07 bits per heavy atom. The van der Waals surface area contributed by atoms with Crippen LogP contribution in [0.2, 0.25) is 0 Å². The molecule has 8 nitrogen and oxygen atoms in total. The Morgan fingerprint density at radius 1 is 1.21 bits per heavy atom. The first kappa shape index (κ1) is 17.8. The number of ether oxygens (including phenoxy) is 1. The molecule has 4 aromatic rings. The second kappa shape index (κ2) is 7.97. The molecule has 0 atom stereocenters. The average Bonchev–Trinajstić information content (AvgIpc) is 3.40. The van der Waals surface area contributed by atoms with Gasteiger partial charge in [-0.2, -0.15) is 0 Å². The van der Waals surface area contributed by atoms with Crippen molar-refractivity contribution in [1.82, 2.24) is 25.2 Å². The minimum atomic E-state index is -0.138. The van der Waals surface area contributed by atoms with E-state index in [4.69, 9.17) is 4.74 Å². The number of hydrogen-bond acceptors (Lipinski definition) is 7. The molecule has 0 unspecified atom stereocenters. The van der Waals surface area contributed by atoms with Gasteiger partial charge in [-0.05, 0) is 52.9 Å². The minimum Gasteiger partial charge on any atom is -0.497 e. The Kier molecular flexibility index (Phi) is 5.07. The third-order valence-corrected chi connectivity index (χ3v) is 4.91. The monoisotopic (exact) mass is 392 g/mol. The van der Waals surface area contributed by atoms with Gasteiger partial charge in [-0.25, -0.2) is 9.67 Å². The molecule has 0 bridgehead atoms. The first-order chi connectivity index (χ1) is 13.7. The second-order valence-corrected chi connectivity index (χ2v) is 6.76. The largest absolute Gasteiger partial charge is 0.497 e. The number of carbonyl (C=O) groups is 1. The van der Waals surface area contributed by atoms with Gasteiger partial charge in [0.1, 0.15) is 17.1 Å². The van der Waals surface area contributed by atoms with E-state index in [0.717, 1.165) is 27.7 Å². The molecule has 0 fully saturated rings. The Hall–Kier alpha value is -3.59. The number of thiazole rings is 1. The molecule has 0 saturated heterocycles. The molecule has 1 N–H and O–H groups in total. The molecular weight excluding hydrogens is 376 g/mol. The molecule has 2 aromatic carbocycles. The van der Waals surface area contributed by atoms with E-state index in [9.17, 15) is 4.79 Å². The first-order valence-electron chi connectivity index (χ1n) is 8.43. The molecule has 0 aliphatic heterocycles. The van der Waals surface area contributed by atoms with Gasteiger partial charge in [0.05, 0.1) is 24.9 Å². The van der Waals surface area contributed by atoms with Gasteiger partial charge in [-0.15, -0.1) is 16.4 Å². The molecule has 0 saturated carbocycles. The summed E-state index contributed by atoms with van der Waals surface area (Å²) in [6, 6.07) is 15.0. The van der Waals surface area contributed by atoms with Gasteiger partial charge in [0, 0.05) is 16.6 Å². The molecule has 9 heteroatoms. The fourth-order valence-corrected chi connectivity index (χ4v) is 3.46. The number of carbonyl (C=O) groups excluding carboxylic acids is 1. The summed E-state index contributed by atoms with van der Waals surface area (Å²) in [7, 11) is 1.63. The van der Waals surface area contributed by atoms with E-state index in [1.165, 1.54) is 22.3 Å². The van der Waals surface area contributed by atoms with Crippen molar-refractivity contribution >= 4 is 22.9 Å². The van der Waals surface area contributed by atoms with Crippen LogP contribution in [-0.2, 0) is 11.2 Å². The predicted molar refractivity (Wildman–Crippen MR) is 106 cm³/mol. The molecule has 140 valence electrons. The predicted octanol–water partition coefficient (Wildman–Crippen LogP) is 2.98. The smallest absolute Gasteiger partial charge is 0.230 e. The van der Waals surface area contributed by atoms with E-state index < -0.39 is 0 Å². The Balaban J connectivity index is 1.42. The number of amides is 1. The molecule has 0 spiro atoms. The molecule has 2 heterocycles. The van der Waals surface area contributed by atoms with Crippen LogP contribution in [0.15, 0.2) is 60.2 Å². The lowest BCUT2D eigenvalue weighted by Gasteiger charge is -2.06.